The van der Waals surface area contributed by atoms with Crippen LogP contribution in [0.2, 0.25) is 0 Å². The van der Waals surface area contributed by atoms with Gasteiger partial charge in [-0.3, -0.25) is 24.0 Å². The number of aromatic amines is 1. The largest absolute Gasteiger partial charge is 0.480 e. The molecule has 310 valence electrons. The van der Waals surface area contributed by atoms with Gasteiger partial charge in [0.15, 0.2) is 0 Å². The lowest BCUT2D eigenvalue weighted by atomic mass is 10.0. The van der Waals surface area contributed by atoms with Crippen molar-refractivity contribution in [3.63, 3.8) is 0 Å². The van der Waals surface area contributed by atoms with Crippen LogP contribution in [0.15, 0.2) is 91.1 Å². The van der Waals surface area contributed by atoms with Crippen LogP contribution in [-0.4, -0.2) is 105 Å². The molecule has 0 aliphatic heterocycles. The number of aliphatic carboxylic acids is 1. The highest BCUT2D eigenvalue weighted by molar-refractivity contribution is 7.80. The summed E-state index contributed by atoms with van der Waals surface area (Å²) in [4.78, 5) is 83.7. The Balaban J connectivity index is 1.59. The van der Waals surface area contributed by atoms with Crippen molar-refractivity contribution in [1.82, 2.24) is 31.6 Å². The van der Waals surface area contributed by atoms with Gasteiger partial charge in [-0.05, 0) is 49.1 Å². The molecule has 0 aliphatic rings. The number of para-hydroxylation sites is 1. The molecule has 0 saturated heterocycles. The van der Waals surface area contributed by atoms with Crippen molar-refractivity contribution in [1.29, 1.82) is 0 Å². The summed E-state index contributed by atoms with van der Waals surface area (Å²) in [5.74, 6) is -5.18. The number of hydrogen-bond acceptors (Lipinski definition) is 10. The summed E-state index contributed by atoms with van der Waals surface area (Å²) >= 11 is 4.10. The molecule has 58 heavy (non-hydrogen) atoms. The lowest BCUT2D eigenvalue weighted by molar-refractivity contribution is -0.143. The zero-order valence-electron chi connectivity index (χ0n) is 32.1. The minimum atomic E-state index is -1.60. The summed E-state index contributed by atoms with van der Waals surface area (Å²) in [5, 5.41) is 34.2. The average molecular weight is 817 g/mol. The third-order valence-corrected chi connectivity index (χ3v) is 9.86. The molecule has 1 aromatic heterocycles. The molecule has 16 nitrogen and oxygen atoms in total. The van der Waals surface area contributed by atoms with Crippen LogP contribution in [0.25, 0.3) is 10.9 Å². The molecular weight excluding hydrogens is 765 g/mol. The first-order valence-electron chi connectivity index (χ1n) is 18.9. The van der Waals surface area contributed by atoms with E-state index in [-0.39, 0.29) is 44.4 Å². The van der Waals surface area contributed by atoms with E-state index in [1.165, 1.54) is 6.92 Å². The topological polar surface area (TPSA) is 271 Å². The number of carboxylic acids is 1. The summed E-state index contributed by atoms with van der Waals surface area (Å²) in [5.41, 5.74) is 14.5. The lowest BCUT2D eigenvalue weighted by Crippen LogP contribution is -2.61. The summed E-state index contributed by atoms with van der Waals surface area (Å²) in [6.45, 7) is 1.40. The number of hydrogen-bond donors (Lipinski definition) is 11. The zero-order chi connectivity index (χ0) is 42.2. The predicted molar refractivity (Wildman–Crippen MR) is 221 cm³/mol. The minimum Gasteiger partial charge on any atom is -0.480 e. The van der Waals surface area contributed by atoms with E-state index < -0.39 is 77.9 Å². The number of nitrogens with one attached hydrogen (secondary N) is 6. The number of carboxylic acid groups (broad SMARTS) is 1. The Morgan fingerprint density at radius 2 is 1.17 bits per heavy atom. The van der Waals surface area contributed by atoms with Gasteiger partial charge in [-0.15, -0.1) is 0 Å². The zero-order valence-corrected chi connectivity index (χ0v) is 33.0. The lowest BCUT2D eigenvalue weighted by Gasteiger charge is -2.28. The van der Waals surface area contributed by atoms with Crippen molar-refractivity contribution in [2.45, 2.75) is 81.4 Å². The fourth-order valence-electron chi connectivity index (χ4n) is 6.26. The van der Waals surface area contributed by atoms with E-state index in [0.717, 1.165) is 16.5 Å². The number of nitrogens with two attached hydrogens (primary N) is 2. The highest BCUT2D eigenvalue weighted by Gasteiger charge is 2.34. The molecule has 3 aromatic carbocycles. The first-order valence-corrected chi connectivity index (χ1v) is 19.6. The second-order valence-electron chi connectivity index (χ2n) is 14.0. The average Bonchev–Trinajstić information content (AvgIpc) is 3.63. The maximum absolute atomic E-state index is 14.3. The molecule has 0 aliphatic carbocycles. The van der Waals surface area contributed by atoms with Crippen LogP contribution in [0, 0.1) is 0 Å². The fraction of sp³-hybridized carbons (Fsp3) is 0.366. The van der Waals surface area contributed by atoms with Crippen LogP contribution in [0.5, 0.6) is 0 Å². The summed E-state index contributed by atoms with van der Waals surface area (Å²) in [6, 6.07) is 17.2. The van der Waals surface area contributed by atoms with Crippen molar-refractivity contribution in [2.24, 2.45) is 11.5 Å². The Bertz CT molecular complexity index is 2000. The second-order valence-corrected chi connectivity index (χ2v) is 14.3. The van der Waals surface area contributed by atoms with E-state index in [2.05, 4.69) is 44.2 Å². The number of H-pyrrole nitrogens is 1. The van der Waals surface area contributed by atoms with Crippen molar-refractivity contribution < 1.29 is 39.0 Å². The van der Waals surface area contributed by atoms with Crippen molar-refractivity contribution in [3.8, 4) is 0 Å². The molecule has 1 heterocycles. The molecule has 0 spiro atoms. The number of carbonyl (C=O) groups excluding carboxylic acids is 5. The standard InChI is InChI=1S/C41H52N8O8S/c1-24(50)35(40(55)48-34(41(56)57)20-26-13-6-3-7-14-26)49-37(52)31(17-10-18-42)45-39(54)33(21-27-22-44-30-16-9-8-15-28(27)30)47-38(53)32(46-36(51)29(43)23-58)19-25-11-4-2-5-12-25/h2-9,11-16,22,24,29,31-35,44,50,58H,10,17-21,23,42-43H2,1H3,(H,45,54)(H,46,51)(H,47,53)(H,48,55)(H,49,52)(H,56,57)/t24-,29+,31+,32+,33-,34+,35+/m1/s1. The summed E-state index contributed by atoms with van der Waals surface area (Å²) < 4.78 is 0. The van der Waals surface area contributed by atoms with E-state index in [1.54, 1.807) is 66.9 Å². The Kier molecular flexibility index (Phi) is 17.3. The highest BCUT2D eigenvalue weighted by Crippen LogP contribution is 2.20. The van der Waals surface area contributed by atoms with Crippen molar-refractivity contribution >= 4 is 59.0 Å². The van der Waals surface area contributed by atoms with Gasteiger partial charge in [0, 0.05) is 42.1 Å². The van der Waals surface area contributed by atoms with Crippen LogP contribution < -0.4 is 38.1 Å². The SMILES string of the molecule is C[C@@H](O)[C@H](NC(=O)[C@H](CCCN)NC(=O)[C@@H](Cc1c[nH]c2ccccc12)NC(=O)[C@H](Cc1ccccc1)NC(=O)[C@@H](N)CS)C(=O)N[C@@H](Cc1ccccc1)C(=O)O. The maximum atomic E-state index is 14.3. The summed E-state index contributed by atoms with van der Waals surface area (Å²) in [6.07, 6.45) is 0.483. The molecule has 0 bridgehead atoms. The van der Waals surface area contributed by atoms with Gasteiger partial charge in [-0.25, -0.2) is 4.79 Å². The Morgan fingerprint density at radius 3 is 1.74 bits per heavy atom. The van der Waals surface area contributed by atoms with Gasteiger partial charge in [-0.1, -0.05) is 78.9 Å². The smallest absolute Gasteiger partial charge is 0.326 e. The molecular formula is C41H52N8O8S. The molecule has 4 aromatic rings. The number of rotatable bonds is 22. The van der Waals surface area contributed by atoms with Gasteiger partial charge in [0.25, 0.3) is 0 Å². The van der Waals surface area contributed by atoms with E-state index in [1.807, 2.05) is 24.3 Å². The van der Waals surface area contributed by atoms with Crippen molar-refractivity contribution in [2.75, 3.05) is 12.3 Å². The third kappa shape index (κ3) is 13.2. The van der Waals surface area contributed by atoms with E-state index in [9.17, 15) is 39.0 Å². The predicted octanol–water partition coefficient (Wildman–Crippen LogP) is 0.0812. The van der Waals surface area contributed by atoms with Gasteiger partial charge in [0.1, 0.15) is 30.2 Å². The van der Waals surface area contributed by atoms with E-state index >= 15 is 0 Å². The molecule has 7 atom stereocenters. The highest BCUT2D eigenvalue weighted by atomic mass is 32.1. The number of benzene rings is 3. The monoisotopic (exact) mass is 816 g/mol. The molecule has 0 saturated carbocycles. The van der Waals surface area contributed by atoms with Gasteiger partial charge in [-0.2, -0.15) is 12.6 Å². The van der Waals surface area contributed by atoms with Gasteiger partial charge in [0.05, 0.1) is 12.1 Å². The minimum absolute atomic E-state index is 0.00996. The molecule has 0 radical (unpaired) electrons. The second kappa shape index (κ2) is 22.3. The molecule has 5 amide bonds. The van der Waals surface area contributed by atoms with Crippen LogP contribution in [0.1, 0.15) is 36.5 Å². The number of carbonyl (C=O) groups is 6. The first kappa shape index (κ1) is 45.0. The Labute approximate surface area is 341 Å². The van der Waals surface area contributed by atoms with Crippen LogP contribution >= 0.6 is 12.6 Å². The Morgan fingerprint density at radius 1 is 0.672 bits per heavy atom. The number of thiol groups is 1. The number of fused-ring (bicyclic) bond motifs is 1. The Hall–Kier alpha value is -5.75. The van der Waals surface area contributed by atoms with E-state index in [0.29, 0.717) is 11.1 Å². The molecule has 0 unspecified atom stereocenters. The van der Waals surface area contributed by atoms with Crippen molar-refractivity contribution in [3.05, 3.63) is 108 Å². The van der Waals surface area contributed by atoms with Gasteiger partial charge >= 0.3 is 5.97 Å². The van der Waals surface area contributed by atoms with E-state index in [4.69, 9.17) is 11.5 Å². The molecule has 0 fully saturated rings. The van der Waals surface area contributed by atoms with Crippen LogP contribution in [-0.2, 0) is 48.0 Å². The summed E-state index contributed by atoms with van der Waals surface area (Å²) in [7, 11) is 0. The van der Waals surface area contributed by atoms with Crippen LogP contribution in [0.3, 0.4) is 0 Å². The third-order valence-electron chi connectivity index (χ3n) is 9.47. The number of aliphatic hydroxyl groups excluding tert-OH is 1. The molecule has 17 heteroatoms. The van der Waals surface area contributed by atoms with Crippen LogP contribution in [0.4, 0.5) is 0 Å². The maximum Gasteiger partial charge on any atom is 0.326 e. The number of aromatic nitrogens is 1. The van der Waals surface area contributed by atoms with Gasteiger partial charge < -0.3 is 53.2 Å². The normalized spacial score (nSPS) is 14.8. The fourth-order valence-corrected chi connectivity index (χ4v) is 6.42. The first-order chi connectivity index (χ1) is 27.8. The van der Waals surface area contributed by atoms with Gasteiger partial charge in [0.2, 0.25) is 29.5 Å². The molecule has 4 rings (SSSR count). The number of amides is 5. The number of aliphatic hydroxyl groups is 1. The quantitative estimate of drug-likeness (QED) is 0.0476. The molecule has 12 N–H and O–H groups in total.